The largest absolute Gasteiger partial charge is 0.465 e. The molecule has 1 rings (SSSR count). The van der Waals surface area contributed by atoms with E-state index >= 15 is 0 Å². The van der Waals surface area contributed by atoms with Gasteiger partial charge in [0.05, 0.1) is 20.3 Å². The minimum atomic E-state index is -4.19. The molecule has 0 saturated carbocycles. The second-order valence-corrected chi connectivity index (χ2v) is 6.18. The first-order valence-electron chi connectivity index (χ1n) is 7.09. The van der Waals surface area contributed by atoms with Gasteiger partial charge in [-0.3, -0.25) is 4.57 Å². The highest BCUT2D eigenvalue weighted by Crippen LogP contribution is 2.58. The molecule has 0 spiro atoms. The average Bonchev–Trinajstić information content (AvgIpc) is 2.56. The monoisotopic (exact) mass is 342 g/mol. The molecule has 0 aliphatic carbocycles. The molecule has 0 fully saturated rings. The van der Waals surface area contributed by atoms with Gasteiger partial charge in [0.25, 0.3) is 0 Å². The van der Waals surface area contributed by atoms with Crippen molar-refractivity contribution >= 4 is 19.6 Å². The zero-order chi connectivity index (χ0) is 17.3. The summed E-state index contributed by atoms with van der Waals surface area (Å²) in [5.41, 5.74) is -1.02. The number of ether oxygens (including phenoxy) is 1. The quantitative estimate of drug-likeness (QED) is 0.305. The highest BCUT2D eigenvalue weighted by atomic mass is 31.2. The first kappa shape index (κ1) is 19.3. The summed E-state index contributed by atoms with van der Waals surface area (Å²) in [6, 6.07) is 8.96. The molecular weight excluding hydrogens is 322 g/mol. The summed E-state index contributed by atoms with van der Waals surface area (Å²) in [6.45, 7) is 3.05. The van der Waals surface area contributed by atoms with E-state index in [1.165, 1.54) is 12.2 Å². The third-order valence-electron chi connectivity index (χ3n) is 2.71. The molecule has 1 aromatic rings. The summed E-state index contributed by atoms with van der Waals surface area (Å²) >= 11 is 0. The number of carbonyl (C=O) groups is 1. The maximum Gasteiger partial charge on any atom is 0.390 e. The Labute approximate surface area is 135 Å². The summed E-state index contributed by atoms with van der Waals surface area (Å²) in [5, 5.41) is 0. The van der Waals surface area contributed by atoms with Crippen molar-refractivity contribution in [2.75, 3.05) is 20.3 Å². The van der Waals surface area contributed by atoms with E-state index in [9.17, 15) is 13.8 Å². The zero-order valence-electron chi connectivity index (χ0n) is 13.3. The van der Waals surface area contributed by atoms with E-state index in [4.69, 9.17) is 9.05 Å². The highest BCUT2D eigenvalue weighted by Gasteiger charge is 2.35. The van der Waals surface area contributed by atoms with Gasteiger partial charge in [0.15, 0.2) is 0 Å². The maximum absolute atomic E-state index is 14.6. The fraction of sp³-hybridized carbons (Fsp3) is 0.312. The fourth-order valence-electron chi connectivity index (χ4n) is 1.71. The van der Waals surface area contributed by atoms with Crippen molar-refractivity contribution in [3.63, 3.8) is 0 Å². The second kappa shape index (κ2) is 9.40. The molecule has 0 N–H and O–H groups in total. The summed E-state index contributed by atoms with van der Waals surface area (Å²) in [6.07, 6.45) is 2.70. The van der Waals surface area contributed by atoms with Crippen LogP contribution in [-0.2, 0) is 23.1 Å². The number of carbonyl (C=O) groups excluding carboxylic acids is 1. The molecule has 0 radical (unpaired) electrons. The topological polar surface area (TPSA) is 61.8 Å². The van der Waals surface area contributed by atoms with Crippen molar-refractivity contribution in [2.24, 2.45) is 0 Å². The molecule has 7 heteroatoms. The van der Waals surface area contributed by atoms with Crippen molar-refractivity contribution < 1.29 is 27.5 Å². The van der Waals surface area contributed by atoms with E-state index in [0.29, 0.717) is 0 Å². The van der Waals surface area contributed by atoms with Gasteiger partial charge in [0, 0.05) is 0 Å². The van der Waals surface area contributed by atoms with E-state index in [2.05, 4.69) is 4.74 Å². The van der Waals surface area contributed by atoms with E-state index in [-0.39, 0.29) is 13.2 Å². The van der Waals surface area contributed by atoms with Gasteiger partial charge in [-0.2, -0.15) is 4.39 Å². The third-order valence-corrected chi connectivity index (χ3v) is 4.63. The molecule has 0 aliphatic heterocycles. The lowest BCUT2D eigenvalue weighted by atomic mass is 10.2. The number of hydrogen-bond acceptors (Lipinski definition) is 5. The minimum Gasteiger partial charge on any atom is -0.465 e. The van der Waals surface area contributed by atoms with Crippen LogP contribution in [0.4, 0.5) is 4.39 Å². The maximum atomic E-state index is 14.6. The molecule has 0 bridgehead atoms. The highest BCUT2D eigenvalue weighted by molar-refractivity contribution is 7.58. The van der Waals surface area contributed by atoms with Crippen LogP contribution in [0.25, 0.3) is 6.08 Å². The first-order chi connectivity index (χ1) is 11.0. The van der Waals surface area contributed by atoms with E-state index < -0.39 is 24.7 Å². The summed E-state index contributed by atoms with van der Waals surface area (Å²) in [4.78, 5) is 11.8. The lowest BCUT2D eigenvalue weighted by molar-refractivity contribution is -0.135. The molecule has 23 heavy (non-hydrogen) atoms. The number of rotatable bonds is 8. The zero-order valence-corrected chi connectivity index (χ0v) is 14.2. The van der Waals surface area contributed by atoms with Crippen LogP contribution >= 0.6 is 7.60 Å². The Balaban J connectivity index is 3.29. The van der Waals surface area contributed by atoms with Crippen molar-refractivity contribution in [2.45, 2.75) is 13.8 Å². The number of methoxy groups -OCH3 is 1. The van der Waals surface area contributed by atoms with Gasteiger partial charge in [0.1, 0.15) is 5.57 Å². The van der Waals surface area contributed by atoms with Gasteiger partial charge in [-0.25, -0.2) is 4.79 Å². The number of esters is 1. The Hall–Kier alpha value is -1.75. The van der Waals surface area contributed by atoms with E-state index in [1.54, 1.807) is 38.1 Å². The fourth-order valence-corrected chi connectivity index (χ4v) is 3.15. The Morgan fingerprint density at radius 1 is 1.17 bits per heavy atom. The molecule has 5 nitrogen and oxygen atoms in total. The number of benzene rings is 1. The van der Waals surface area contributed by atoms with Gasteiger partial charge < -0.3 is 13.8 Å². The molecular formula is C16H20FO5P. The SMILES string of the molecule is CCOP(=O)(OCC)C(F)=C(/C=C/c1ccccc1)C(=O)OC. The lowest BCUT2D eigenvalue weighted by Crippen LogP contribution is -2.07. The van der Waals surface area contributed by atoms with Crippen LogP contribution in [0.3, 0.4) is 0 Å². The Morgan fingerprint density at radius 3 is 2.22 bits per heavy atom. The Morgan fingerprint density at radius 2 is 1.74 bits per heavy atom. The van der Waals surface area contributed by atoms with Crippen LogP contribution in [0, 0.1) is 0 Å². The van der Waals surface area contributed by atoms with Crippen molar-refractivity contribution in [1.82, 2.24) is 0 Å². The summed E-state index contributed by atoms with van der Waals surface area (Å²) in [7, 11) is -3.08. The Kier molecular flexibility index (Phi) is 7.89. The van der Waals surface area contributed by atoms with Crippen molar-refractivity contribution in [1.29, 1.82) is 0 Å². The standard InChI is InChI=1S/C16H20FO5P/c1-4-21-23(19,22-5-2)15(17)14(16(18)20-3)12-11-13-9-7-6-8-10-13/h6-12H,4-5H2,1-3H3/b12-11+,15-14?. The normalized spacial score (nSPS) is 13.0. The van der Waals surface area contributed by atoms with Crippen molar-refractivity contribution in [3.8, 4) is 0 Å². The summed E-state index contributed by atoms with van der Waals surface area (Å²) in [5.74, 6) is -0.964. The lowest BCUT2D eigenvalue weighted by Gasteiger charge is -2.16. The number of halogens is 1. The molecule has 1 aromatic carbocycles. The van der Waals surface area contributed by atoms with Gasteiger partial charge in [0.2, 0.25) is 5.57 Å². The van der Waals surface area contributed by atoms with Crippen LogP contribution in [0.1, 0.15) is 19.4 Å². The van der Waals surface area contributed by atoms with E-state index in [1.807, 2.05) is 6.07 Å². The van der Waals surface area contributed by atoms with Crippen LogP contribution in [0.15, 0.2) is 47.5 Å². The average molecular weight is 342 g/mol. The molecule has 0 aliphatic rings. The smallest absolute Gasteiger partial charge is 0.390 e. The molecule has 0 heterocycles. The predicted molar refractivity (Wildman–Crippen MR) is 86.5 cm³/mol. The van der Waals surface area contributed by atoms with Crippen LogP contribution in [0.5, 0.6) is 0 Å². The molecule has 0 aromatic heterocycles. The molecule has 126 valence electrons. The molecule has 0 saturated heterocycles. The van der Waals surface area contributed by atoms with E-state index in [0.717, 1.165) is 12.7 Å². The van der Waals surface area contributed by atoms with Gasteiger partial charge in [-0.1, -0.05) is 36.4 Å². The Bertz CT molecular complexity index is 615. The van der Waals surface area contributed by atoms with Crippen molar-refractivity contribution in [3.05, 3.63) is 53.1 Å². The van der Waals surface area contributed by atoms with Gasteiger partial charge in [-0.05, 0) is 25.5 Å². The molecule has 0 amide bonds. The number of hydrogen-bond donors (Lipinski definition) is 0. The van der Waals surface area contributed by atoms with Crippen LogP contribution in [-0.4, -0.2) is 26.3 Å². The molecule has 0 unspecified atom stereocenters. The van der Waals surface area contributed by atoms with Crippen LogP contribution < -0.4 is 0 Å². The third kappa shape index (κ3) is 5.43. The minimum absolute atomic E-state index is 0.0262. The van der Waals surface area contributed by atoms with Gasteiger partial charge in [-0.15, -0.1) is 0 Å². The predicted octanol–water partition coefficient (Wildman–Crippen LogP) is 4.32. The second-order valence-electron chi connectivity index (χ2n) is 4.27. The van der Waals surface area contributed by atoms with Gasteiger partial charge >= 0.3 is 13.6 Å². The summed E-state index contributed by atoms with van der Waals surface area (Å²) < 4.78 is 41.5. The molecule has 0 atom stereocenters. The van der Waals surface area contributed by atoms with Crippen LogP contribution in [0.2, 0.25) is 0 Å². The first-order valence-corrected chi connectivity index (χ1v) is 8.63.